The first-order valence-corrected chi connectivity index (χ1v) is 7.79. The molecule has 0 aliphatic rings. The zero-order valence-corrected chi connectivity index (χ0v) is 12.9. The average molecular weight is 276 g/mol. The molecule has 0 fully saturated rings. The van der Waals surface area contributed by atoms with E-state index in [0.717, 1.165) is 43.6 Å². The SMILES string of the molecule is CCCCCN(CCCC)C(=O)Cc1cccc(N)c1. The predicted molar refractivity (Wildman–Crippen MR) is 85.6 cm³/mol. The molecule has 0 saturated heterocycles. The van der Waals surface area contributed by atoms with Gasteiger partial charge in [-0.15, -0.1) is 0 Å². The Labute approximate surface area is 123 Å². The van der Waals surface area contributed by atoms with Crippen molar-refractivity contribution in [2.75, 3.05) is 18.8 Å². The smallest absolute Gasteiger partial charge is 0.226 e. The summed E-state index contributed by atoms with van der Waals surface area (Å²) >= 11 is 0. The fourth-order valence-electron chi connectivity index (χ4n) is 2.25. The first-order chi connectivity index (χ1) is 9.67. The van der Waals surface area contributed by atoms with Gasteiger partial charge in [-0.25, -0.2) is 0 Å². The highest BCUT2D eigenvalue weighted by molar-refractivity contribution is 5.79. The average Bonchev–Trinajstić information content (AvgIpc) is 2.42. The Morgan fingerprint density at radius 2 is 1.80 bits per heavy atom. The molecule has 0 heterocycles. The van der Waals surface area contributed by atoms with Gasteiger partial charge in [0.2, 0.25) is 5.91 Å². The van der Waals surface area contributed by atoms with Crippen LogP contribution in [0.5, 0.6) is 0 Å². The lowest BCUT2D eigenvalue weighted by Gasteiger charge is -2.22. The fourth-order valence-corrected chi connectivity index (χ4v) is 2.25. The molecular weight excluding hydrogens is 248 g/mol. The summed E-state index contributed by atoms with van der Waals surface area (Å²) in [5.74, 6) is 0.222. The van der Waals surface area contributed by atoms with Crippen molar-refractivity contribution in [1.29, 1.82) is 0 Å². The number of unbranched alkanes of at least 4 members (excludes halogenated alkanes) is 3. The van der Waals surface area contributed by atoms with E-state index < -0.39 is 0 Å². The van der Waals surface area contributed by atoms with Crippen molar-refractivity contribution in [3.05, 3.63) is 29.8 Å². The van der Waals surface area contributed by atoms with Gasteiger partial charge in [-0.05, 0) is 30.5 Å². The van der Waals surface area contributed by atoms with Crippen LogP contribution in [0.25, 0.3) is 0 Å². The van der Waals surface area contributed by atoms with Crippen molar-refractivity contribution in [3.8, 4) is 0 Å². The molecule has 3 heteroatoms. The molecule has 3 nitrogen and oxygen atoms in total. The molecule has 0 aliphatic carbocycles. The van der Waals surface area contributed by atoms with Gasteiger partial charge in [0.05, 0.1) is 6.42 Å². The van der Waals surface area contributed by atoms with Gasteiger partial charge in [0.15, 0.2) is 0 Å². The number of hydrogen-bond acceptors (Lipinski definition) is 2. The number of benzene rings is 1. The van der Waals surface area contributed by atoms with Gasteiger partial charge in [-0.3, -0.25) is 4.79 Å². The highest BCUT2D eigenvalue weighted by atomic mass is 16.2. The van der Waals surface area contributed by atoms with E-state index in [2.05, 4.69) is 13.8 Å². The van der Waals surface area contributed by atoms with Gasteiger partial charge in [0, 0.05) is 18.8 Å². The largest absolute Gasteiger partial charge is 0.399 e. The second-order valence-corrected chi connectivity index (χ2v) is 5.36. The highest BCUT2D eigenvalue weighted by Gasteiger charge is 2.13. The number of hydrogen-bond donors (Lipinski definition) is 1. The first kappa shape index (κ1) is 16.5. The van der Waals surface area contributed by atoms with Crippen molar-refractivity contribution in [1.82, 2.24) is 4.90 Å². The number of amides is 1. The molecule has 0 unspecified atom stereocenters. The maximum Gasteiger partial charge on any atom is 0.226 e. The molecule has 0 bridgehead atoms. The number of carbonyl (C=O) groups is 1. The van der Waals surface area contributed by atoms with Gasteiger partial charge in [0.25, 0.3) is 0 Å². The standard InChI is InChI=1S/C17H28N2O/c1-3-5-7-12-19(11-6-4-2)17(20)14-15-9-8-10-16(18)13-15/h8-10,13H,3-7,11-12,14,18H2,1-2H3. The maximum atomic E-state index is 12.4. The van der Waals surface area contributed by atoms with Crippen molar-refractivity contribution in [3.63, 3.8) is 0 Å². The summed E-state index contributed by atoms with van der Waals surface area (Å²) in [5.41, 5.74) is 7.49. The molecule has 20 heavy (non-hydrogen) atoms. The number of rotatable bonds is 9. The quantitative estimate of drug-likeness (QED) is 0.553. The van der Waals surface area contributed by atoms with Crippen LogP contribution in [-0.2, 0) is 11.2 Å². The summed E-state index contributed by atoms with van der Waals surface area (Å²) in [5, 5.41) is 0. The van der Waals surface area contributed by atoms with Gasteiger partial charge in [-0.1, -0.05) is 45.2 Å². The van der Waals surface area contributed by atoms with Crippen LogP contribution in [0.3, 0.4) is 0 Å². The molecule has 1 rings (SSSR count). The van der Waals surface area contributed by atoms with E-state index in [9.17, 15) is 4.79 Å². The molecule has 1 amide bonds. The molecule has 0 aliphatic heterocycles. The van der Waals surface area contributed by atoms with E-state index in [1.54, 1.807) is 0 Å². The summed E-state index contributed by atoms with van der Waals surface area (Å²) in [7, 11) is 0. The van der Waals surface area contributed by atoms with E-state index in [1.807, 2.05) is 29.2 Å². The molecule has 112 valence electrons. The van der Waals surface area contributed by atoms with Gasteiger partial charge < -0.3 is 10.6 Å². The minimum atomic E-state index is 0.222. The third-order valence-electron chi connectivity index (χ3n) is 3.47. The lowest BCUT2D eigenvalue weighted by atomic mass is 10.1. The minimum absolute atomic E-state index is 0.222. The molecule has 0 aromatic heterocycles. The summed E-state index contributed by atoms with van der Waals surface area (Å²) in [4.78, 5) is 14.4. The van der Waals surface area contributed by atoms with Gasteiger partial charge in [-0.2, -0.15) is 0 Å². The molecule has 1 aromatic carbocycles. The number of nitrogens with two attached hydrogens (primary N) is 1. The number of nitrogen functional groups attached to an aromatic ring is 1. The Morgan fingerprint density at radius 1 is 1.10 bits per heavy atom. The normalized spacial score (nSPS) is 10.5. The van der Waals surface area contributed by atoms with Crippen LogP contribution in [0.4, 0.5) is 5.69 Å². The fraction of sp³-hybridized carbons (Fsp3) is 0.588. The number of nitrogens with zero attached hydrogens (tertiary/aromatic N) is 1. The predicted octanol–water partition coefficient (Wildman–Crippen LogP) is 3.63. The minimum Gasteiger partial charge on any atom is -0.399 e. The third-order valence-corrected chi connectivity index (χ3v) is 3.47. The zero-order valence-electron chi connectivity index (χ0n) is 12.9. The van der Waals surface area contributed by atoms with E-state index in [1.165, 1.54) is 12.8 Å². The maximum absolute atomic E-state index is 12.4. The van der Waals surface area contributed by atoms with Gasteiger partial charge >= 0.3 is 0 Å². The van der Waals surface area contributed by atoms with E-state index in [4.69, 9.17) is 5.73 Å². The van der Waals surface area contributed by atoms with Crippen LogP contribution in [-0.4, -0.2) is 23.9 Å². The van der Waals surface area contributed by atoms with Crippen LogP contribution >= 0.6 is 0 Å². The number of carbonyl (C=O) groups excluding carboxylic acids is 1. The highest BCUT2D eigenvalue weighted by Crippen LogP contribution is 2.10. The Bertz CT molecular complexity index is 404. The molecule has 2 N–H and O–H groups in total. The summed E-state index contributed by atoms with van der Waals surface area (Å²) in [6.45, 7) is 6.11. The first-order valence-electron chi connectivity index (χ1n) is 7.79. The van der Waals surface area contributed by atoms with Crippen LogP contribution in [0.15, 0.2) is 24.3 Å². The molecule has 0 radical (unpaired) electrons. The molecule has 0 saturated carbocycles. The van der Waals surface area contributed by atoms with Crippen LogP contribution in [0.1, 0.15) is 51.5 Å². The van der Waals surface area contributed by atoms with Gasteiger partial charge in [0.1, 0.15) is 0 Å². The molecule has 0 atom stereocenters. The zero-order chi connectivity index (χ0) is 14.8. The van der Waals surface area contributed by atoms with Crippen molar-refractivity contribution < 1.29 is 4.79 Å². The van der Waals surface area contributed by atoms with Crippen LogP contribution < -0.4 is 5.73 Å². The molecular formula is C17H28N2O. The molecule has 0 spiro atoms. The van der Waals surface area contributed by atoms with E-state index in [-0.39, 0.29) is 5.91 Å². The summed E-state index contributed by atoms with van der Waals surface area (Å²) in [6, 6.07) is 7.62. The Balaban J connectivity index is 2.56. The second-order valence-electron chi connectivity index (χ2n) is 5.36. The third kappa shape index (κ3) is 6.09. The molecule has 1 aromatic rings. The van der Waals surface area contributed by atoms with Crippen LogP contribution in [0, 0.1) is 0 Å². The van der Waals surface area contributed by atoms with Crippen LogP contribution in [0.2, 0.25) is 0 Å². The van der Waals surface area contributed by atoms with Crippen molar-refractivity contribution >= 4 is 11.6 Å². The van der Waals surface area contributed by atoms with Crippen molar-refractivity contribution in [2.24, 2.45) is 0 Å². The summed E-state index contributed by atoms with van der Waals surface area (Å²) in [6.07, 6.45) is 6.13. The van der Waals surface area contributed by atoms with E-state index in [0.29, 0.717) is 6.42 Å². The Morgan fingerprint density at radius 3 is 2.45 bits per heavy atom. The topological polar surface area (TPSA) is 46.3 Å². The Hall–Kier alpha value is -1.51. The van der Waals surface area contributed by atoms with Crippen molar-refractivity contribution in [2.45, 2.75) is 52.4 Å². The Kier molecular flexibility index (Phi) is 7.78. The second kappa shape index (κ2) is 9.40. The summed E-state index contributed by atoms with van der Waals surface area (Å²) < 4.78 is 0. The monoisotopic (exact) mass is 276 g/mol. The van der Waals surface area contributed by atoms with E-state index >= 15 is 0 Å². The number of anilines is 1. The lowest BCUT2D eigenvalue weighted by molar-refractivity contribution is -0.130. The lowest BCUT2D eigenvalue weighted by Crippen LogP contribution is -2.34.